The molecule has 2 heteroatoms. The highest BCUT2D eigenvalue weighted by molar-refractivity contribution is 5.76. The van der Waals surface area contributed by atoms with Gasteiger partial charge in [-0.3, -0.25) is 0 Å². The van der Waals surface area contributed by atoms with Gasteiger partial charge in [0.25, 0.3) is 0 Å². The fourth-order valence-corrected chi connectivity index (χ4v) is 2.98. The Morgan fingerprint density at radius 1 is 1.18 bits per heavy atom. The third-order valence-corrected chi connectivity index (χ3v) is 4.17. The van der Waals surface area contributed by atoms with Gasteiger partial charge in [-0.1, -0.05) is 32.3 Å². The van der Waals surface area contributed by atoms with E-state index in [-0.39, 0.29) is 5.41 Å². The van der Waals surface area contributed by atoms with Crippen molar-refractivity contribution in [3.05, 3.63) is 29.6 Å². The molecular formula is C15H20N2. The molecule has 1 fully saturated rings. The number of aromatic amines is 1. The Balaban J connectivity index is 2.05. The number of hydrogen-bond acceptors (Lipinski definition) is 1. The summed E-state index contributed by atoms with van der Waals surface area (Å²) in [5.41, 5.74) is 3.86. The molecule has 0 spiro atoms. The lowest BCUT2D eigenvalue weighted by Gasteiger charge is -2.31. The van der Waals surface area contributed by atoms with Gasteiger partial charge in [0, 0.05) is 5.41 Å². The second-order valence-corrected chi connectivity index (χ2v) is 5.73. The van der Waals surface area contributed by atoms with Crippen LogP contribution < -0.4 is 0 Å². The van der Waals surface area contributed by atoms with Crippen molar-refractivity contribution in [1.29, 1.82) is 0 Å². The third kappa shape index (κ3) is 1.86. The average molecular weight is 228 g/mol. The number of nitrogens with one attached hydrogen (secondary N) is 1. The minimum Gasteiger partial charge on any atom is -0.342 e. The molecule has 2 nitrogen and oxygen atoms in total. The predicted molar refractivity (Wildman–Crippen MR) is 71.3 cm³/mol. The van der Waals surface area contributed by atoms with E-state index in [1.165, 1.54) is 49.0 Å². The molecule has 1 N–H and O–H groups in total. The zero-order valence-corrected chi connectivity index (χ0v) is 10.7. The molecule has 0 aliphatic heterocycles. The van der Waals surface area contributed by atoms with Crippen molar-refractivity contribution in [1.82, 2.24) is 9.97 Å². The van der Waals surface area contributed by atoms with Gasteiger partial charge in [-0.2, -0.15) is 0 Å². The standard InChI is InChI=1S/C15H20N2/c1-11-6-7-12-13(10-11)17-14(16-12)15(2)8-4-3-5-9-15/h6-7,10H,3-5,8-9H2,1-2H3,(H,16,17). The van der Waals surface area contributed by atoms with Crippen molar-refractivity contribution in [2.24, 2.45) is 0 Å². The van der Waals surface area contributed by atoms with Crippen LogP contribution in [0.4, 0.5) is 0 Å². The molecule has 1 aliphatic carbocycles. The summed E-state index contributed by atoms with van der Waals surface area (Å²) in [7, 11) is 0. The Morgan fingerprint density at radius 2 is 1.94 bits per heavy atom. The molecule has 17 heavy (non-hydrogen) atoms. The normalized spacial score (nSPS) is 19.6. The number of benzene rings is 1. The summed E-state index contributed by atoms with van der Waals surface area (Å²) >= 11 is 0. The number of H-pyrrole nitrogens is 1. The average Bonchev–Trinajstić information content (AvgIpc) is 2.73. The van der Waals surface area contributed by atoms with E-state index in [1.54, 1.807) is 0 Å². The summed E-state index contributed by atoms with van der Waals surface area (Å²) in [6, 6.07) is 6.45. The molecule has 2 aromatic rings. The minimum atomic E-state index is 0.269. The lowest BCUT2D eigenvalue weighted by atomic mass is 9.75. The molecule has 0 amide bonds. The van der Waals surface area contributed by atoms with Crippen LogP contribution in [0.15, 0.2) is 18.2 Å². The number of aryl methyl sites for hydroxylation is 1. The highest BCUT2D eigenvalue weighted by atomic mass is 14.9. The summed E-state index contributed by atoms with van der Waals surface area (Å²) < 4.78 is 0. The van der Waals surface area contributed by atoms with Gasteiger partial charge in [-0.25, -0.2) is 4.98 Å². The van der Waals surface area contributed by atoms with Crippen LogP contribution in [0.2, 0.25) is 0 Å². The summed E-state index contributed by atoms with van der Waals surface area (Å²) in [4.78, 5) is 8.33. The van der Waals surface area contributed by atoms with Crippen LogP contribution >= 0.6 is 0 Å². The van der Waals surface area contributed by atoms with Gasteiger partial charge in [-0.05, 0) is 37.5 Å². The van der Waals surface area contributed by atoms with Gasteiger partial charge in [0.2, 0.25) is 0 Å². The van der Waals surface area contributed by atoms with Crippen LogP contribution in [0.1, 0.15) is 50.4 Å². The first-order valence-corrected chi connectivity index (χ1v) is 6.64. The van der Waals surface area contributed by atoms with Crippen LogP contribution in [0, 0.1) is 6.92 Å². The highest BCUT2D eigenvalue weighted by Crippen LogP contribution is 2.38. The highest BCUT2D eigenvalue weighted by Gasteiger charge is 2.31. The lowest BCUT2D eigenvalue weighted by Crippen LogP contribution is -2.26. The molecule has 3 rings (SSSR count). The van der Waals surface area contributed by atoms with Crippen molar-refractivity contribution in [2.75, 3.05) is 0 Å². The van der Waals surface area contributed by atoms with Crippen LogP contribution in [-0.2, 0) is 5.41 Å². The van der Waals surface area contributed by atoms with Crippen LogP contribution in [0.3, 0.4) is 0 Å². The fraction of sp³-hybridized carbons (Fsp3) is 0.533. The first kappa shape index (κ1) is 10.8. The number of hydrogen-bond donors (Lipinski definition) is 1. The number of aromatic nitrogens is 2. The van der Waals surface area contributed by atoms with Crippen molar-refractivity contribution < 1.29 is 0 Å². The summed E-state index contributed by atoms with van der Waals surface area (Å²) in [5.74, 6) is 1.19. The Hall–Kier alpha value is -1.31. The van der Waals surface area contributed by atoms with Crippen molar-refractivity contribution in [2.45, 2.75) is 51.4 Å². The van der Waals surface area contributed by atoms with Gasteiger partial charge in [0.1, 0.15) is 5.82 Å². The Kier molecular flexibility index (Phi) is 2.46. The van der Waals surface area contributed by atoms with Crippen LogP contribution in [0.25, 0.3) is 11.0 Å². The molecule has 1 aromatic carbocycles. The van der Waals surface area contributed by atoms with Gasteiger partial charge in [0.05, 0.1) is 11.0 Å². The summed E-state index contributed by atoms with van der Waals surface area (Å²) in [5, 5.41) is 0. The molecule has 0 bridgehead atoms. The monoisotopic (exact) mass is 228 g/mol. The molecular weight excluding hydrogens is 208 g/mol. The molecule has 0 atom stereocenters. The molecule has 0 unspecified atom stereocenters. The molecule has 1 aromatic heterocycles. The minimum absolute atomic E-state index is 0.269. The van der Waals surface area contributed by atoms with Crippen LogP contribution in [-0.4, -0.2) is 9.97 Å². The molecule has 1 heterocycles. The predicted octanol–water partition coefficient (Wildman–Crippen LogP) is 4.09. The van der Waals surface area contributed by atoms with E-state index >= 15 is 0 Å². The lowest BCUT2D eigenvalue weighted by molar-refractivity contribution is 0.306. The zero-order valence-electron chi connectivity index (χ0n) is 10.7. The number of rotatable bonds is 1. The fourth-order valence-electron chi connectivity index (χ4n) is 2.98. The van der Waals surface area contributed by atoms with E-state index in [4.69, 9.17) is 4.98 Å². The van der Waals surface area contributed by atoms with E-state index in [9.17, 15) is 0 Å². The Morgan fingerprint density at radius 3 is 2.71 bits per heavy atom. The van der Waals surface area contributed by atoms with E-state index in [0.717, 1.165) is 5.52 Å². The van der Waals surface area contributed by atoms with Gasteiger partial charge < -0.3 is 4.98 Å². The maximum Gasteiger partial charge on any atom is 0.113 e. The number of fused-ring (bicyclic) bond motifs is 1. The molecule has 1 aliphatic rings. The quantitative estimate of drug-likeness (QED) is 0.782. The maximum atomic E-state index is 4.79. The number of imidazole rings is 1. The first-order chi connectivity index (χ1) is 8.17. The van der Waals surface area contributed by atoms with Crippen molar-refractivity contribution in [3.63, 3.8) is 0 Å². The van der Waals surface area contributed by atoms with Crippen LogP contribution in [0.5, 0.6) is 0 Å². The molecule has 0 saturated heterocycles. The second kappa shape index (κ2) is 3.86. The van der Waals surface area contributed by atoms with Gasteiger partial charge in [0.15, 0.2) is 0 Å². The Bertz CT molecular complexity index is 533. The Labute approximate surface area is 102 Å². The van der Waals surface area contributed by atoms with E-state index < -0.39 is 0 Å². The maximum absolute atomic E-state index is 4.79. The van der Waals surface area contributed by atoms with Gasteiger partial charge >= 0.3 is 0 Å². The van der Waals surface area contributed by atoms with Crippen molar-refractivity contribution in [3.8, 4) is 0 Å². The topological polar surface area (TPSA) is 28.7 Å². The number of nitrogens with zero attached hydrogens (tertiary/aromatic N) is 1. The molecule has 90 valence electrons. The van der Waals surface area contributed by atoms with E-state index in [1.807, 2.05) is 0 Å². The smallest absolute Gasteiger partial charge is 0.113 e. The molecule has 1 saturated carbocycles. The van der Waals surface area contributed by atoms with Crippen molar-refractivity contribution >= 4 is 11.0 Å². The largest absolute Gasteiger partial charge is 0.342 e. The van der Waals surface area contributed by atoms with E-state index in [0.29, 0.717) is 0 Å². The van der Waals surface area contributed by atoms with E-state index in [2.05, 4.69) is 37.0 Å². The first-order valence-electron chi connectivity index (χ1n) is 6.64. The SMILES string of the molecule is Cc1ccc2nc(C3(C)CCCCC3)[nH]c2c1. The van der Waals surface area contributed by atoms with Gasteiger partial charge in [-0.15, -0.1) is 0 Å². The second-order valence-electron chi connectivity index (χ2n) is 5.73. The zero-order chi connectivity index (χ0) is 11.9. The third-order valence-electron chi connectivity index (χ3n) is 4.17. The summed E-state index contributed by atoms with van der Waals surface area (Å²) in [6.45, 7) is 4.49. The molecule has 0 radical (unpaired) electrons. The summed E-state index contributed by atoms with van der Waals surface area (Å²) in [6.07, 6.45) is 6.60.